The third kappa shape index (κ3) is 3.57. The third-order valence-electron chi connectivity index (χ3n) is 3.07. The zero-order chi connectivity index (χ0) is 14.7. The summed E-state index contributed by atoms with van der Waals surface area (Å²) in [5.41, 5.74) is 3.31. The molecule has 3 nitrogen and oxygen atoms in total. The van der Waals surface area contributed by atoms with Crippen molar-refractivity contribution < 1.29 is 0 Å². The Kier molecular flexibility index (Phi) is 4.76. The Balaban J connectivity index is 2.46. The molecule has 106 valence electrons. The molecule has 2 rings (SSSR count). The molecule has 0 saturated carbocycles. The quantitative estimate of drug-likeness (QED) is 0.897. The normalized spacial score (nSPS) is 10.9. The lowest BCUT2D eigenvalue weighted by atomic mass is 10.1. The van der Waals surface area contributed by atoms with Gasteiger partial charge in [0.15, 0.2) is 5.82 Å². The number of aromatic nitrogens is 2. The summed E-state index contributed by atoms with van der Waals surface area (Å²) in [5.74, 6) is 2.23. The molecule has 1 aromatic carbocycles. The molecule has 0 atom stereocenters. The molecule has 1 heterocycles. The molecule has 1 aromatic heterocycles. The molecule has 0 fully saturated rings. The van der Waals surface area contributed by atoms with Crippen molar-refractivity contribution in [1.29, 1.82) is 0 Å². The van der Waals surface area contributed by atoms with Crippen LogP contribution in [0.1, 0.15) is 25.1 Å². The van der Waals surface area contributed by atoms with Crippen LogP contribution in [0.3, 0.4) is 0 Å². The highest BCUT2D eigenvalue weighted by atomic mass is 79.9. The second-order valence-corrected chi connectivity index (χ2v) is 6.23. The van der Waals surface area contributed by atoms with Gasteiger partial charge in [0.1, 0.15) is 5.82 Å². The van der Waals surface area contributed by atoms with Gasteiger partial charge in [-0.15, -0.1) is 0 Å². The molecule has 0 radical (unpaired) electrons. The van der Waals surface area contributed by atoms with Crippen molar-refractivity contribution in [1.82, 2.24) is 9.97 Å². The Bertz CT molecular complexity index is 609. The molecule has 0 aliphatic heterocycles. The molecule has 0 aliphatic carbocycles. The molecule has 0 saturated heterocycles. The summed E-state index contributed by atoms with van der Waals surface area (Å²) in [6.07, 6.45) is 0.958. The van der Waals surface area contributed by atoms with E-state index in [1.807, 2.05) is 25.2 Å². The van der Waals surface area contributed by atoms with Crippen LogP contribution in [0, 0.1) is 12.8 Å². The third-order valence-corrected chi connectivity index (χ3v) is 3.96. The van der Waals surface area contributed by atoms with Gasteiger partial charge in [0.05, 0.1) is 0 Å². The van der Waals surface area contributed by atoms with Crippen LogP contribution in [-0.4, -0.2) is 17.0 Å². The summed E-state index contributed by atoms with van der Waals surface area (Å²) in [4.78, 5) is 9.26. The van der Waals surface area contributed by atoms with Crippen molar-refractivity contribution in [2.75, 3.05) is 12.4 Å². The predicted molar refractivity (Wildman–Crippen MR) is 88.0 cm³/mol. The summed E-state index contributed by atoms with van der Waals surface area (Å²) in [7, 11) is 1.89. The lowest BCUT2D eigenvalue weighted by molar-refractivity contribution is 0.635. The number of nitrogens with zero attached hydrogens (tertiary/aromatic N) is 2. The molecule has 0 bridgehead atoms. The van der Waals surface area contributed by atoms with Gasteiger partial charge in [0.25, 0.3) is 0 Å². The first-order chi connectivity index (χ1) is 9.49. The number of halogens is 1. The van der Waals surface area contributed by atoms with Crippen LogP contribution in [-0.2, 0) is 6.42 Å². The highest BCUT2D eigenvalue weighted by Crippen LogP contribution is 2.24. The van der Waals surface area contributed by atoms with Gasteiger partial charge in [-0.2, -0.15) is 0 Å². The molecule has 20 heavy (non-hydrogen) atoms. The first kappa shape index (κ1) is 15.0. The van der Waals surface area contributed by atoms with E-state index in [0.717, 1.165) is 33.8 Å². The van der Waals surface area contributed by atoms with Crippen molar-refractivity contribution in [3.63, 3.8) is 0 Å². The van der Waals surface area contributed by atoms with Crippen molar-refractivity contribution in [2.24, 2.45) is 5.92 Å². The number of benzene rings is 1. The monoisotopic (exact) mass is 333 g/mol. The summed E-state index contributed by atoms with van der Waals surface area (Å²) < 4.78 is 1.11. The van der Waals surface area contributed by atoms with E-state index in [-0.39, 0.29) is 0 Å². The topological polar surface area (TPSA) is 37.8 Å². The first-order valence-electron chi connectivity index (χ1n) is 6.82. The van der Waals surface area contributed by atoms with Gasteiger partial charge in [-0.1, -0.05) is 35.8 Å². The molecule has 4 heteroatoms. The van der Waals surface area contributed by atoms with Crippen LogP contribution in [0.4, 0.5) is 5.82 Å². The fraction of sp³-hybridized carbons (Fsp3) is 0.375. The van der Waals surface area contributed by atoms with Crippen LogP contribution < -0.4 is 5.32 Å². The Hall–Kier alpha value is -1.42. The number of aryl methyl sites for hydroxylation is 1. The van der Waals surface area contributed by atoms with E-state index >= 15 is 0 Å². The van der Waals surface area contributed by atoms with Crippen molar-refractivity contribution >= 4 is 21.7 Å². The Morgan fingerprint density at radius 1 is 1.20 bits per heavy atom. The first-order valence-corrected chi connectivity index (χ1v) is 7.61. The Labute approximate surface area is 129 Å². The molecule has 0 aliphatic rings. The summed E-state index contributed by atoms with van der Waals surface area (Å²) in [5, 5.41) is 3.12. The highest BCUT2D eigenvalue weighted by molar-refractivity contribution is 9.10. The minimum Gasteiger partial charge on any atom is -0.373 e. The van der Waals surface area contributed by atoms with Crippen molar-refractivity contribution in [3.05, 3.63) is 40.0 Å². The van der Waals surface area contributed by atoms with Crippen LogP contribution in [0.25, 0.3) is 11.4 Å². The summed E-state index contributed by atoms with van der Waals surface area (Å²) in [6.45, 7) is 6.47. The number of rotatable bonds is 4. The minimum absolute atomic E-state index is 0.578. The minimum atomic E-state index is 0.578. The van der Waals surface area contributed by atoms with Crippen LogP contribution in [0.15, 0.2) is 28.7 Å². The molecule has 1 N–H and O–H groups in total. The maximum atomic E-state index is 4.70. The van der Waals surface area contributed by atoms with E-state index in [0.29, 0.717) is 5.92 Å². The number of nitrogens with one attached hydrogen (secondary N) is 1. The van der Waals surface area contributed by atoms with E-state index in [2.05, 4.69) is 53.1 Å². The summed E-state index contributed by atoms with van der Waals surface area (Å²) in [6, 6.07) is 8.22. The van der Waals surface area contributed by atoms with Crippen LogP contribution in [0.5, 0.6) is 0 Å². The predicted octanol–water partition coefficient (Wildman–Crippen LogP) is 4.45. The SMILES string of the molecule is CNc1cc(CC(C)C)nc(-c2ccc(Br)c(C)c2)n1. The number of anilines is 1. The molecule has 0 spiro atoms. The molecular weight excluding hydrogens is 314 g/mol. The molecule has 0 unspecified atom stereocenters. The number of hydrogen-bond acceptors (Lipinski definition) is 3. The van der Waals surface area contributed by atoms with Gasteiger partial charge in [0, 0.05) is 28.8 Å². The van der Waals surface area contributed by atoms with Crippen LogP contribution in [0.2, 0.25) is 0 Å². The zero-order valence-electron chi connectivity index (χ0n) is 12.4. The average molecular weight is 334 g/mol. The van der Waals surface area contributed by atoms with Crippen molar-refractivity contribution in [3.8, 4) is 11.4 Å². The Morgan fingerprint density at radius 3 is 2.55 bits per heavy atom. The average Bonchev–Trinajstić information content (AvgIpc) is 2.40. The second kappa shape index (κ2) is 6.35. The van der Waals surface area contributed by atoms with E-state index in [1.54, 1.807) is 0 Å². The molecule has 0 amide bonds. The van der Waals surface area contributed by atoms with E-state index in [1.165, 1.54) is 5.56 Å². The molecular formula is C16H20BrN3. The van der Waals surface area contributed by atoms with Gasteiger partial charge in [-0.25, -0.2) is 9.97 Å². The second-order valence-electron chi connectivity index (χ2n) is 5.38. The molecule has 2 aromatic rings. The lowest BCUT2D eigenvalue weighted by Gasteiger charge is -2.10. The standard InChI is InChI=1S/C16H20BrN3/c1-10(2)7-13-9-15(18-4)20-16(19-13)12-5-6-14(17)11(3)8-12/h5-6,8-10H,7H2,1-4H3,(H,18,19,20). The zero-order valence-corrected chi connectivity index (χ0v) is 14.0. The van der Waals surface area contributed by atoms with Crippen molar-refractivity contribution in [2.45, 2.75) is 27.2 Å². The van der Waals surface area contributed by atoms with Gasteiger partial charge in [-0.05, 0) is 37.0 Å². The van der Waals surface area contributed by atoms with E-state index < -0.39 is 0 Å². The Morgan fingerprint density at radius 2 is 1.95 bits per heavy atom. The highest BCUT2D eigenvalue weighted by Gasteiger charge is 2.09. The maximum absolute atomic E-state index is 4.70. The van der Waals surface area contributed by atoms with Crippen LogP contribution >= 0.6 is 15.9 Å². The smallest absolute Gasteiger partial charge is 0.161 e. The fourth-order valence-electron chi connectivity index (χ4n) is 2.06. The van der Waals surface area contributed by atoms with E-state index in [9.17, 15) is 0 Å². The largest absolute Gasteiger partial charge is 0.373 e. The fourth-order valence-corrected chi connectivity index (χ4v) is 2.31. The summed E-state index contributed by atoms with van der Waals surface area (Å²) >= 11 is 3.52. The van der Waals surface area contributed by atoms with Gasteiger partial charge in [-0.3, -0.25) is 0 Å². The van der Waals surface area contributed by atoms with Gasteiger partial charge < -0.3 is 5.32 Å². The van der Waals surface area contributed by atoms with Gasteiger partial charge in [0.2, 0.25) is 0 Å². The van der Waals surface area contributed by atoms with Gasteiger partial charge >= 0.3 is 0 Å². The number of hydrogen-bond donors (Lipinski definition) is 1. The lowest BCUT2D eigenvalue weighted by Crippen LogP contribution is -2.03. The maximum Gasteiger partial charge on any atom is 0.161 e. The van der Waals surface area contributed by atoms with E-state index in [4.69, 9.17) is 4.98 Å².